The van der Waals surface area contributed by atoms with Crippen LogP contribution >= 0.6 is 23.2 Å². The second-order valence-corrected chi connectivity index (χ2v) is 5.76. The molecule has 0 spiro atoms. The first-order valence-corrected chi connectivity index (χ1v) is 7.03. The lowest BCUT2D eigenvalue weighted by Gasteiger charge is -2.24. The molecular formula is C13H14Cl2N2O3. The van der Waals surface area contributed by atoms with Crippen LogP contribution in [0.2, 0.25) is 10.2 Å². The number of carboxylic acid groups (broad SMARTS) is 1. The van der Waals surface area contributed by atoms with Gasteiger partial charge in [0.2, 0.25) is 0 Å². The molecule has 0 radical (unpaired) electrons. The van der Waals surface area contributed by atoms with Crippen LogP contribution in [0.25, 0.3) is 0 Å². The van der Waals surface area contributed by atoms with E-state index in [-0.39, 0.29) is 22.3 Å². The predicted octanol–water partition coefficient (Wildman–Crippen LogP) is 2.76. The second kappa shape index (κ2) is 5.97. The molecule has 1 aliphatic carbocycles. The molecule has 1 saturated carbocycles. The lowest BCUT2D eigenvalue weighted by molar-refractivity contribution is -0.148. The SMILES string of the molecule is O=C(NCC1(C(=O)O)CCCC1)c1cc(Cl)ncc1Cl. The minimum absolute atomic E-state index is 0.0947. The van der Waals surface area contributed by atoms with E-state index in [1.54, 1.807) is 0 Å². The van der Waals surface area contributed by atoms with Crippen molar-refractivity contribution in [1.82, 2.24) is 10.3 Å². The van der Waals surface area contributed by atoms with Gasteiger partial charge in [0, 0.05) is 12.7 Å². The molecule has 1 heterocycles. The molecule has 108 valence electrons. The highest BCUT2D eigenvalue weighted by Crippen LogP contribution is 2.37. The summed E-state index contributed by atoms with van der Waals surface area (Å²) in [4.78, 5) is 27.2. The topological polar surface area (TPSA) is 79.3 Å². The Bertz CT molecular complexity index is 542. The Morgan fingerprint density at radius 1 is 1.35 bits per heavy atom. The van der Waals surface area contributed by atoms with Crippen molar-refractivity contribution >= 4 is 35.1 Å². The Morgan fingerprint density at radius 2 is 2.00 bits per heavy atom. The van der Waals surface area contributed by atoms with Crippen molar-refractivity contribution in [2.75, 3.05) is 6.54 Å². The molecule has 1 fully saturated rings. The largest absolute Gasteiger partial charge is 0.481 e. The number of carbonyl (C=O) groups is 2. The molecule has 0 aromatic carbocycles. The number of carbonyl (C=O) groups excluding carboxylic acids is 1. The standard InChI is InChI=1S/C13H14Cl2N2O3/c14-9-6-16-10(15)5-8(9)11(18)17-7-13(12(19)20)3-1-2-4-13/h5-6H,1-4,7H2,(H,17,18)(H,19,20). The highest BCUT2D eigenvalue weighted by molar-refractivity contribution is 6.35. The number of pyridine rings is 1. The van der Waals surface area contributed by atoms with Gasteiger partial charge in [-0.3, -0.25) is 9.59 Å². The lowest BCUT2D eigenvalue weighted by Crippen LogP contribution is -2.41. The Balaban J connectivity index is 2.08. The number of halogens is 2. The van der Waals surface area contributed by atoms with Gasteiger partial charge in [0.25, 0.3) is 5.91 Å². The van der Waals surface area contributed by atoms with Gasteiger partial charge in [-0.15, -0.1) is 0 Å². The third-order valence-corrected chi connectivity index (χ3v) is 4.18. The molecule has 0 saturated heterocycles. The fourth-order valence-corrected chi connectivity index (χ4v) is 2.80. The molecule has 7 heteroatoms. The minimum atomic E-state index is -0.867. The van der Waals surface area contributed by atoms with Crippen molar-refractivity contribution in [3.05, 3.63) is 28.0 Å². The molecule has 1 aromatic heterocycles. The van der Waals surface area contributed by atoms with Crippen LogP contribution in [0.3, 0.4) is 0 Å². The summed E-state index contributed by atoms with van der Waals surface area (Å²) < 4.78 is 0. The van der Waals surface area contributed by atoms with E-state index in [1.165, 1.54) is 12.3 Å². The maximum absolute atomic E-state index is 12.1. The van der Waals surface area contributed by atoms with Gasteiger partial charge in [-0.05, 0) is 18.9 Å². The Labute approximate surface area is 126 Å². The van der Waals surface area contributed by atoms with Gasteiger partial charge < -0.3 is 10.4 Å². The number of aliphatic carboxylic acids is 1. The van der Waals surface area contributed by atoms with Crippen molar-refractivity contribution in [3.63, 3.8) is 0 Å². The Kier molecular flexibility index (Phi) is 4.50. The first kappa shape index (κ1) is 15.1. The second-order valence-electron chi connectivity index (χ2n) is 4.96. The van der Waals surface area contributed by atoms with Gasteiger partial charge in [-0.1, -0.05) is 36.0 Å². The van der Waals surface area contributed by atoms with Crippen LogP contribution in [0.5, 0.6) is 0 Å². The predicted molar refractivity (Wildman–Crippen MR) is 75.1 cm³/mol. The van der Waals surface area contributed by atoms with Crippen molar-refractivity contribution < 1.29 is 14.7 Å². The van der Waals surface area contributed by atoms with E-state index in [0.29, 0.717) is 12.8 Å². The maximum atomic E-state index is 12.1. The molecule has 0 aliphatic heterocycles. The summed E-state index contributed by atoms with van der Waals surface area (Å²) in [5, 5.41) is 12.3. The minimum Gasteiger partial charge on any atom is -0.481 e. The fourth-order valence-electron chi connectivity index (χ4n) is 2.45. The van der Waals surface area contributed by atoms with Crippen LogP contribution < -0.4 is 5.32 Å². The van der Waals surface area contributed by atoms with Crippen molar-refractivity contribution in [2.24, 2.45) is 5.41 Å². The highest BCUT2D eigenvalue weighted by Gasteiger charge is 2.41. The fraction of sp³-hybridized carbons (Fsp3) is 0.462. The first-order chi connectivity index (χ1) is 9.44. The number of nitrogens with one attached hydrogen (secondary N) is 1. The van der Waals surface area contributed by atoms with Gasteiger partial charge in [0.1, 0.15) is 5.15 Å². The van der Waals surface area contributed by atoms with E-state index < -0.39 is 17.3 Å². The third kappa shape index (κ3) is 3.04. The molecule has 1 amide bonds. The number of aromatic nitrogens is 1. The van der Waals surface area contributed by atoms with Crippen LogP contribution in [-0.4, -0.2) is 28.5 Å². The highest BCUT2D eigenvalue weighted by atomic mass is 35.5. The van der Waals surface area contributed by atoms with Crippen LogP contribution in [0.1, 0.15) is 36.0 Å². The van der Waals surface area contributed by atoms with Crippen LogP contribution in [0.15, 0.2) is 12.3 Å². The molecule has 0 atom stereocenters. The molecule has 1 aliphatic rings. The molecule has 2 rings (SSSR count). The summed E-state index contributed by atoms with van der Waals surface area (Å²) in [5.41, 5.74) is -0.663. The summed E-state index contributed by atoms with van der Waals surface area (Å²) in [7, 11) is 0. The Hall–Kier alpha value is -1.33. The maximum Gasteiger partial charge on any atom is 0.311 e. The van der Waals surface area contributed by atoms with Gasteiger partial charge in [0.15, 0.2) is 0 Å². The van der Waals surface area contributed by atoms with Gasteiger partial charge >= 0.3 is 5.97 Å². The number of nitrogens with zero attached hydrogens (tertiary/aromatic N) is 1. The number of hydrogen-bond donors (Lipinski definition) is 2. The van der Waals surface area contributed by atoms with Crippen molar-refractivity contribution in [3.8, 4) is 0 Å². The quantitative estimate of drug-likeness (QED) is 0.837. The van der Waals surface area contributed by atoms with Crippen LogP contribution in [0, 0.1) is 5.41 Å². The molecule has 2 N–H and O–H groups in total. The van der Waals surface area contributed by atoms with Crippen molar-refractivity contribution in [1.29, 1.82) is 0 Å². The van der Waals surface area contributed by atoms with Crippen LogP contribution in [0.4, 0.5) is 0 Å². The number of rotatable bonds is 4. The lowest BCUT2D eigenvalue weighted by atomic mass is 9.86. The smallest absolute Gasteiger partial charge is 0.311 e. The Morgan fingerprint density at radius 3 is 2.60 bits per heavy atom. The average Bonchev–Trinajstić information content (AvgIpc) is 2.89. The number of hydrogen-bond acceptors (Lipinski definition) is 3. The normalized spacial score (nSPS) is 16.9. The average molecular weight is 317 g/mol. The molecular weight excluding hydrogens is 303 g/mol. The summed E-state index contributed by atoms with van der Waals surface area (Å²) in [5.74, 6) is -1.30. The zero-order valence-corrected chi connectivity index (χ0v) is 12.2. The molecule has 1 aromatic rings. The third-order valence-electron chi connectivity index (χ3n) is 3.67. The zero-order valence-electron chi connectivity index (χ0n) is 10.7. The first-order valence-electron chi connectivity index (χ1n) is 6.27. The molecule has 0 bridgehead atoms. The summed E-state index contributed by atoms with van der Waals surface area (Å²) in [6.07, 6.45) is 4.18. The molecule has 20 heavy (non-hydrogen) atoms. The van der Waals surface area contributed by atoms with E-state index >= 15 is 0 Å². The zero-order chi connectivity index (χ0) is 14.8. The summed E-state index contributed by atoms with van der Waals surface area (Å²) in [6, 6.07) is 1.36. The van der Waals surface area contributed by atoms with Crippen LogP contribution in [-0.2, 0) is 4.79 Å². The number of amides is 1. The van der Waals surface area contributed by atoms with E-state index in [9.17, 15) is 14.7 Å². The van der Waals surface area contributed by atoms with E-state index in [2.05, 4.69) is 10.3 Å². The van der Waals surface area contributed by atoms with Gasteiger partial charge in [0.05, 0.1) is 16.0 Å². The van der Waals surface area contributed by atoms with E-state index in [1.807, 2.05) is 0 Å². The van der Waals surface area contributed by atoms with E-state index in [4.69, 9.17) is 23.2 Å². The van der Waals surface area contributed by atoms with Crippen molar-refractivity contribution in [2.45, 2.75) is 25.7 Å². The number of carboxylic acids is 1. The van der Waals surface area contributed by atoms with Gasteiger partial charge in [-0.2, -0.15) is 0 Å². The molecule has 5 nitrogen and oxygen atoms in total. The summed E-state index contributed by atoms with van der Waals surface area (Å²) >= 11 is 11.6. The molecule has 0 unspecified atom stereocenters. The van der Waals surface area contributed by atoms with E-state index in [0.717, 1.165) is 12.8 Å². The summed E-state index contributed by atoms with van der Waals surface area (Å²) in [6.45, 7) is 0.0947. The monoisotopic (exact) mass is 316 g/mol. The van der Waals surface area contributed by atoms with Gasteiger partial charge in [-0.25, -0.2) is 4.98 Å².